The van der Waals surface area contributed by atoms with E-state index in [-0.39, 0.29) is 18.4 Å². The molecule has 6 heteroatoms. The van der Waals surface area contributed by atoms with Crippen molar-refractivity contribution >= 4 is 11.8 Å². The predicted octanol–water partition coefficient (Wildman–Crippen LogP) is 1.24. The molecule has 0 aromatic heterocycles. The Bertz CT molecular complexity index is 541. The second-order valence-electron chi connectivity index (χ2n) is 5.19. The summed E-state index contributed by atoms with van der Waals surface area (Å²) in [6.45, 7) is 2.85. The third-order valence-electron chi connectivity index (χ3n) is 3.36. The van der Waals surface area contributed by atoms with E-state index in [9.17, 15) is 9.59 Å². The molecule has 1 aromatic rings. The Labute approximate surface area is 130 Å². The zero-order chi connectivity index (χ0) is 15.9. The lowest BCUT2D eigenvalue weighted by Crippen LogP contribution is -2.37. The van der Waals surface area contributed by atoms with Gasteiger partial charge in [0.25, 0.3) is 5.91 Å². The summed E-state index contributed by atoms with van der Waals surface area (Å²) in [6, 6.07) is 5.42. The van der Waals surface area contributed by atoms with Crippen LogP contribution in [0.5, 0.6) is 5.75 Å². The van der Waals surface area contributed by atoms with Gasteiger partial charge in [-0.2, -0.15) is 0 Å². The van der Waals surface area contributed by atoms with Crippen LogP contribution in [0, 0.1) is 0 Å². The van der Waals surface area contributed by atoms with Gasteiger partial charge in [0.1, 0.15) is 5.75 Å². The second-order valence-corrected chi connectivity index (χ2v) is 5.19. The SMILES string of the molecule is CCOCc1cc(C(=O)NCC(=O)NC2CC2)ccc1OC. The summed E-state index contributed by atoms with van der Waals surface area (Å²) in [5, 5.41) is 5.44. The molecule has 0 saturated heterocycles. The van der Waals surface area contributed by atoms with E-state index in [4.69, 9.17) is 9.47 Å². The van der Waals surface area contributed by atoms with Crippen LogP contribution in [0.2, 0.25) is 0 Å². The molecular formula is C16H22N2O4. The molecule has 0 radical (unpaired) electrons. The molecule has 1 aliphatic carbocycles. The molecule has 0 unspecified atom stereocenters. The number of rotatable bonds is 8. The molecule has 2 rings (SSSR count). The highest BCUT2D eigenvalue weighted by atomic mass is 16.5. The first-order chi connectivity index (χ1) is 10.6. The first-order valence-electron chi connectivity index (χ1n) is 7.46. The van der Waals surface area contributed by atoms with E-state index in [0.29, 0.717) is 30.6 Å². The number of hydrogen-bond acceptors (Lipinski definition) is 4. The minimum Gasteiger partial charge on any atom is -0.496 e. The normalized spacial score (nSPS) is 13.5. The van der Waals surface area contributed by atoms with Crippen LogP contribution in [0.25, 0.3) is 0 Å². The second kappa shape index (κ2) is 7.79. The quantitative estimate of drug-likeness (QED) is 0.757. The lowest BCUT2D eigenvalue weighted by molar-refractivity contribution is -0.120. The van der Waals surface area contributed by atoms with Gasteiger partial charge in [-0.15, -0.1) is 0 Å². The minimum atomic E-state index is -0.286. The topological polar surface area (TPSA) is 76.7 Å². The number of carbonyl (C=O) groups excluding carboxylic acids is 2. The van der Waals surface area contributed by atoms with Crippen LogP contribution in [0.4, 0.5) is 0 Å². The van der Waals surface area contributed by atoms with Crippen LogP contribution in [0.1, 0.15) is 35.7 Å². The van der Waals surface area contributed by atoms with Gasteiger partial charge in [0, 0.05) is 23.8 Å². The summed E-state index contributed by atoms with van der Waals surface area (Å²) >= 11 is 0. The zero-order valence-electron chi connectivity index (χ0n) is 13.0. The van der Waals surface area contributed by atoms with Gasteiger partial charge in [-0.3, -0.25) is 9.59 Å². The third kappa shape index (κ3) is 4.73. The number of ether oxygens (including phenoxy) is 2. The molecule has 0 bridgehead atoms. The van der Waals surface area contributed by atoms with Crippen molar-refractivity contribution in [1.82, 2.24) is 10.6 Å². The van der Waals surface area contributed by atoms with Crippen LogP contribution in [0.3, 0.4) is 0 Å². The van der Waals surface area contributed by atoms with Crippen LogP contribution >= 0.6 is 0 Å². The minimum absolute atomic E-state index is 0.0118. The monoisotopic (exact) mass is 306 g/mol. The molecule has 1 saturated carbocycles. The van der Waals surface area contributed by atoms with Crippen molar-refractivity contribution in [2.75, 3.05) is 20.3 Å². The van der Waals surface area contributed by atoms with Gasteiger partial charge in [-0.1, -0.05) is 0 Å². The molecular weight excluding hydrogens is 284 g/mol. The number of carbonyl (C=O) groups is 2. The van der Waals surface area contributed by atoms with E-state index in [2.05, 4.69) is 10.6 Å². The van der Waals surface area contributed by atoms with E-state index in [1.807, 2.05) is 6.92 Å². The molecule has 0 aliphatic heterocycles. The van der Waals surface area contributed by atoms with Crippen molar-refractivity contribution in [3.8, 4) is 5.75 Å². The molecule has 2 amide bonds. The Morgan fingerprint density at radius 3 is 2.73 bits per heavy atom. The Kier molecular flexibility index (Phi) is 5.77. The van der Waals surface area contributed by atoms with Crippen molar-refractivity contribution in [3.05, 3.63) is 29.3 Å². The van der Waals surface area contributed by atoms with Gasteiger partial charge in [-0.25, -0.2) is 0 Å². The number of amides is 2. The molecule has 0 spiro atoms. The summed E-state index contributed by atoms with van der Waals surface area (Å²) in [5.74, 6) is 0.238. The maximum atomic E-state index is 12.1. The van der Waals surface area contributed by atoms with E-state index in [1.165, 1.54) is 0 Å². The summed E-state index contributed by atoms with van der Waals surface area (Å²) in [6.07, 6.45) is 2.05. The zero-order valence-corrected chi connectivity index (χ0v) is 13.0. The van der Waals surface area contributed by atoms with E-state index >= 15 is 0 Å². The smallest absolute Gasteiger partial charge is 0.251 e. The lowest BCUT2D eigenvalue weighted by Gasteiger charge is -2.11. The van der Waals surface area contributed by atoms with Gasteiger partial charge in [0.05, 0.1) is 20.3 Å². The Balaban J connectivity index is 1.94. The van der Waals surface area contributed by atoms with Gasteiger partial charge in [-0.05, 0) is 38.0 Å². The predicted molar refractivity (Wildman–Crippen MR) is 81.8 cm³/mol. The highest BCUT2D eigenvalue weighted by Crippen LogP contribution is 2.21. The van der Waals surface area contributed by atoms with Gasteiger partial charge in [0.2, 0.25) is 5.91 Å². The summed E-state index contributed by atoms with van der Waals surface area (Å²) in [4.78, 5) is 23.7. The fourth-order valence-corrected chi connectivity index (χ4v) is 2.01. The number of benzene rings is 1. The Morgan fingerprint density at radius 1 is 1.32 bits per heavy atom. The molecule has 2 N–H and O–H groups in total. The highest BCUT2D eigenvalue weighted by molar-refractivity contribution is 5.96. The Morgan fingerprint density at radius 2 is 2.09 bits per heavy atom. The van der Waals surface area contributed by atoms with Crippen LogP contribution in [-0.2, 0) is 16.1 Å². The van der Waals surface area contributed by atoms with Crippen LogP contribution < -0.4 is 15.4 Å². The van der Waals surface area contributed by atoms with Crippen LogP contribution in [0.15, 0.2) is 18.2 Å². The number of methoxy groups -OCH3 is 1. The van der Waals surface area contributed by atoms with Gasteiger partial charge < -0.3 is 20.1 Å². The van der Waals surface area contributed by atoms with E-state index in [0.717, 1.165) is 18.4 Å². The molecule has 1 fully saturated rings. The summed E-state index contributed by atoms with van der Waals surface area (Å²) in [5.41, 5.74) is 1.29. The number of hydrogen-bond donors (Lipinski definition) is 2. The lowest BCUT2D eigenvalue weighted by atomic mass is 10.1. The van der Waals surface area contributed by atoms with Gasteiger partial charge >= 0.3 is 0 Å². The standard InChI is InChI=1S/C16H22N2O4/c1-3-22-10-12-8-11(4-7-14(12)21-2)16(20)17-9-15(19)18-13-5-6-13/h4,7-8,13H,3,5-6,9-10H2,1-2H3,(H,17,20)(H,18,19). The molecule has 1 aromatic carbocycles. The number of nitrogens with one attached hydrogen (secondary N) is 2. The first kappa shape index (κ1) is 16.3. The maximum Gasteiger partial charge on any atom is 0.251 e. The third-order valence-corrected chi connectivity index (χ3v) is 3.36. The van der Waals surface area contributed by atoms with Crippen molar-refractivity contribution in [3.63, 3.8) is 0 Å². The van der Waals surface area contributed by atoms with Crippen LogP contribution in [-0.4, -0.2) is 38.1 Å². The average molecular weight is 306 g/mol. The molecule has 1 aliphatic rings. The molecule has 0 atom stereocenters. The van der Waals surface area contributed by atoms with E-state index in [1.54, 1.807) is 25.3 Å². The van der Waals surface area contributed by atoms with E-state index < -0.39 is 0 Å². The molecule has 0 heterocycles. The molecule has 120 valence electrons. The van der Waals surface area contributed by atoms with Crippen molar-refractivity contribution in [1.29, 1.82) is 0 Å². The summed E-state index contributed by atoms with van der Waals surface area (Å²) < 4.78 is 10.6. The molecule has 22 heavy (non-hydrogen) atoms. The fraction of sp³-hybridized carbons (Fsp3) is 0.500. The van der Waals surface area contributed by atoms with Crippen molar-refractivity contribution in [2.45, 2.75) is 32.4 Å². The maximum absolute atomic E-state index is 12.1. The first-order valence-corrected chi connectivity index (χ1v) is 7.46. The molecule has 6 nitrogen and oxygen atoms in total. The summed E-state index contributed by atoms with van der Waals surface area (Å²) in [7, 11) is 1.58. The Hall–Kier alpha value is -2.08. The average Bonchev–Trinajstić information content (AvgIpc) is 3.34. The fourth-order valence-electron chi connectivity index (χ4n) is 2.01. The van der Waals surface area contributed by atoms with Gasteiger partial charge in [0.15, 0.2) is 0 Å². The largest absolute Gasteiger partial charge is 0.496 e. The van der Waals surface area contributed by atoms with Crippen molar-refractivity contribution < 1.29 is 19.1 Å². The highest BCUT2D eigenvalue weighted by Gasteiger charge is 2.23. The van der Waals surface area contributed by atoms with Crippen molar-refractivity contribution in [2.24, 2.45) is 0 Å².